The van der Waals surface area contributed by atoms with Crippen molar-refractivity contribution in [2.45, 2.75) is 6.42 Å². The van der Waals surface area contributed by atoms with E-state index in [0.29, 0.717) is 16.7 Å². The van der Waals surface area contributed by atoms with E-state index in [4.69, 9.17) is 22.1 Å². The Morgan fingerprint density at radius 1 is 1.04 bits per heavy atom. The average molecular weight is 326 g/mol. The van der Waals surface area contributed by atoms with Gasteiger partial charge in [-0.3, -0.25) is 0 Å². The normalized spacial score (nSPS) is 10.5. The lowest BCUT2D eigenvalue weighted by atomic mass is 10.0. The Kier molecular flexibility index (Phi) is 4.44. The van der Waals surface area contributed by atoms with Crippen LogP contribution in [0.2, 0.25) is 5.02 Å². The van der Waals surface area contributed by atoms with Gasteiger partial charge >= 0.3 is 0 Å². The van der Waals surface area contributed by atoms with Crippen molar-refractivity contribution in [1.29, 1.82) is 0 Å². The van der Waals surface area contributed by atoms with Crippen LogP contribution in [0.5, 0.6) is 5.88 Å². The minimum atomic E-state index is 0.515. The number of nitrogens with zero attached hydrogens (tertiary/aromatic N) is 2. The molecule has 1 aromatic carbocycles. The van der Waals surface area contributed by atoms with Gasteiger partial charge in [0.25, 0.3) is 0 Å². The first-order chi connectivity index (χ1) is 11.2. The van der Waals surface area contributed by atoms with E-state index >= 15 is 0 Å². The monoisotopic (exact) mass is 325 g/mol. The summed E-state index contributed by atoms with van der Waals surface area (Å²) in [6, 6.07) is 13.5. The van der Waals surface area contributed by atoms with Crippen molar-refractivity contribution in [3.05, 3.63) is 71.0 Å². The van der Waals surface area contributed by atoms with Crippen molar-refractivity contribution in [1.82, 2.24) is 9.97 Å². The number of nitrogens with two attached hydrogens (primary N) is 1. The summed E-state index contributed by atoms with van der Waals surface area (Å²) in [7, 11) is 1.61. The second-order valence-electron chi connectivity index (χ2n) is 5.18. The highest BCUT2D eigenvalue weighted by Crippen LogP contribution is 2.31. The first-order valence-corrected chi connectivity index (χ1v) is 7.53. The molecule has 2 aromatic heterocycles. The molecule has 2 heterocycles. The smallest absolute Gasteiger partial charge is 0.221 e. The molecule has 23 heavy (non-hydrogen) atoms. The van der Waals surface area contributed by atoms with Crippen LogP contribution in [0, 0.1) is 0 Å². The van der Waals surface area contributed by atoms with Crippen LogP contribution in [-0.4, -0.2) is 17.1 Å². The van der Waals surface area contributed by atoms with Gasteiger partial charge in [-0.25, -0.2) is 9.97 Å². The molecule has 0 saturated heterocycles. The summed E-state index contributed by atoms with van der Waals surface area (Å²) in [5.74, 6) is 1.09. The molecule has 0 aliphatic heterocycles. The van der Waals surface area contributed by atoms with Crippen LogP contribution in [-0.2, 0) is 6.42 Å². The zero-order chi connectivity index (χ0) is 16.2. The maximum atomic E-state index is 6.09. The molecule has 116 valence electrons. The summed E-state index contributed by atoms with van der Waals surface area (Å²) in [5.41, 5.74) is 9.64. The number of ether oxygens (including phenoxy) is 1. The Hall–Kier alpha value is -2.59. The third kappa shape index (κ3) is 3.60. The molecule has 0 aliphatic rings. The molecule has 0 radical (unpaired) electrons. The van der Waals surface area contributed by atoms with Crippen molar-refractivity contribution < 1.29 is 4.74 Å². The summed E-state index contributed by atoms with van der Waals surface area (Å²) >= 11 is 6.09. The summed E-state index contributed by atoms with van der Waals surface area (Å²) in [6.45, 7) is 0. The minimum absolute atomic E-state index is 0.515. The van der Waals surface area contributed by atoms with Crippen molar-refractivity contribution in [2.75, 3.05) is 12.8 Å². The van der Waals surface area contributed by atoms with Crippen molar-refractivity contribution in [3.8, 4) is 17.0 Å². The molecule has 0 fully saturated rings. The molecule has 4 nitrogen and oxygen atoms in total. The maximum absolute atomic E-state index is 6.09. The summed E-state index contributed by atoms with van der Waals surface area (Å²) in [6.07, 6.45) is 4.31. The highest BCUT2D eigenvalue weighted by atomic mass is 35.5. The zero-order valence-electron chi connectivity index (χ0n) is 12.7. The quantitative estimate of drug-likeness (QED) is 0.788. The van der Waals surface area contributed by atoms with Gasteiger partial charge in [0.05, 0.1) is 7.11 Å². The molecule has 3 aromatic rings. The van der Waals surface area contributed by atoms with E-state index in [9.17, 15) is 0 Å². The van der Waals surface area contributed by atoms with Crippen LogP contribution >= 0.6 is 11.6 Å². The molecule has 2 N–H and O–H groups in total. The number of benzene rings is 1. The molecule has 0 saturated carbocycles. The van der Waals surface area contributed by atoms with Gasteiger partial charge in [-0.2, -0.15) is 0 Å². The van der Waals surface area contributed by atoms with E-state index in [-0.39, 0.29) is 0 Å². The first kappa shape index (κ1) is 15.3. The molecular formula is C18H16ClN3O. The topological polar surface area (TPSA) is 61.0 Å². The van der Waals surface area contributed by atoms with Gasteiger partial charge in [0.1, 0.15) is 5.82 Å². The van der Waals surface area contributed by atoms with E-state index in [2.05, 4.69) is 16.0 Å². The number of anilines is 1. The second-order valence-corrected chi connectivity index (χ2v) is 5.62. The van der Waals surface area contributed by atoms with Gasteiger partial charge < -0.3 is 10.5 Å². The number of hydrogen-bond donors (Lipinski definition) is 1. The molecule has 5 heteroatoms. The van der Waals surface area contributed by atoms with E-state index in [1.807, 2.05) is 36.5 Å². The van der Waals surface area contributed by atoms with Gasteiger partial charge in [-0.15, -0.1) is 0 Å². The zero-order valence-corrected chi connectivity index (χ0v) is 13.4. The maximum Gasteiger partial charge on any atom is 0.221 e. The van der Waals surface area contributed by atoms with Crippen LogP contribution in [0.4, 0.5) is 5.82 Å². The Labute approximate surface area is 139 Å². The van der Waals surface area contributed by atoms with E-state index in [1.54, 1.807) is 19.4 Å². The highest BCUT2D eigenvalue weighted by molar-refractivity contribution is 6.30. The van der Waals surface area contributed by atoms with Crippen LogP contribution in [0.3, 0.4) is 0 Å². The number of methoxy groups -OCH3 is 1. The Balaban J connectivity index is 1.97. The summed E-state index contributed by atoms with van der Waals surface area (Å²) in [5, 5.41) is 0.678. The number of halogens is 1. The van der Waals surface area contributed by atoms with Crippen LogP contribution in [0.1, 0.15) is 11.1 Å². The van der Waals surface area contributed by atoms with E-state index in [1.165, 1.54) is 0 Å². The number of aromatic nitrogens is 2. The largest absolute Gasteiger partial charge is 0.481 e. The summed E-state index contributed by atoms with van der Waals surface area (Å²) < 4.78 is 5.38. The molecule has 0 aliphatic carbocycles. The molecular weight excluding hydrogens is 310 g/mol. The van der Waals surface area contributed by atoms with E-state index in [0.717, 1.165) is 28.7 Å². The molecule has 0 amide bonds. The number of pyridine rings is 2. The third-order valence-electron chi connectivity index (χ3n) is 3.49. The predicted octanol–water partition coefficient (Wildman–Crippen LogP) is 3.98. The van der Waals surface area contributed by atoms with Gasteiger partial charge in [0, 0.05) is 29.4 Å². The van der Waals surface area contributed by atoms with Gasteiger partial charge in [-0.1, -0.05) is 29.8 Å². The minimum Gasteiger partial charge on any atom is -0.481 e. The third-order valence-corrected chi connectivity index (χ3v) is 3.73. The Bertz CT molecular complexity index is 819. The molecule has 0 spiro atoms. The number of rotatable bonds is 4. The molecule has 3 rings (SSSR count). The fourth-order valence-corrected chi connectivity index (χ4v) is 2.58. The molecule has 0 bridgehead atoms. The molecule has 0 unspecified atom stereocenters. The van der Waals surface area contributed by atoms with E-state index < -0.39 is 0 Å². The number of nitrogen functional groups attached to an aromatic ring is 1. The SMILES string of the molecule is COc1ncc(Cc2ccc(N)nc2)cc1-c1cccc(Cl)c1. The van der Waals surface area contributed by atoms with Gasteiger partial charge in [-0.05, 0) is 41.0 Å². The number of hydrogen-bond acceptors (Lipinski definition) is 4. The first-order valence-electron chi connectivity index (χ1n) is 7.15. The lowest BCUT2D eigenvalue weighted by Gasteiger charge is -2.10. The van der Waals surface area contributed by atoms with Crippen LogP contribution < -0.4 is 10.5 Å². The highest BCUT2D eigenvalue weighted by Gasteiger charge is 2.10. The lowest BCUT2D eigenvalue weighted by molar-refractivity contribution is 0.399. The summed E-state index contributed by atoms with van der Waals surface area (Å²) in [4.78, 5) is 8.52. The van der Waals surface area contributed by atoms with Crippen molar-refractivity contribution in [2.24, 2.45) is 0 Å². The van der Waals surface area contributed by atoms with Crippen LogP contribution in [0.25, 0.3) is 11.1 Å². The Morgan fingerprint density at radius 3 is 2.57 bits per heavy atom. The van der Waals surface area contributed by atoms with Crippen molar-refractivity contribution in [3.63, 3.8) is 0 Å². The van der Waals surface area contributed by atoms with Gasteiger partial charge in [0.15, 0.2) is 0 Å². The molecule has 0 atom stereocenters. The Morgan fingerprint density at radius 2 is 1.87 bits per heavy atom. The van der Waals surface area contributed by atoms with Gasteiger partial charge in [0.2, 0.25) is 5.88 Å². The van der Waals surface area contributed by atoms with Crippen molar-refractivity contribution >= 4 is 17.4 Å². The fourth-order valence-electron chi connectivity index (χ4n) is 2.39. The lowest BCUT2D eigenvalue weighted by Crippen LogP contribution is -1.97. The fraction of sp³-hybridized carbons (Fsp3) is 0.111. The average Bonchev–Trinajstić information content (AvgIpc) is 2.57. The predicted molar refractivity (Wildman–Crippen MR) is 92.7 cm³/mol. The second kappa shape index (κ2) is 6.67. The van der Waals surface area contributed by atoms with Crippen LogP contribution in [0.15, 0.2) is 54.9 Å². The standard InChI is InChI=1S/C18H16ClN3O/c1-23-18-16(14-3-2-4-15(19)9-14)8-13(11-22-18)7-12-5-6-17(20)21-10-12/h2-6,8-11H,7H2,1H3,(H2,20,21).